The molecule has 0 radical (unpaired) electrons. The molecule has 2 fully saturated rings. The lowest BCUT2D eigenvalue weighted by Gasteiger charge is -2.33. The first-order valence-corrected chi connectivity index (χ1v) is 12.8. The van der Waals surface area contributed by atoms with Crippen molar-refractivity contribution in [3.63, 3.8) is 0 Å². The number of likely N-dealkylation sites (tertiary alicyclic amines) is 1. The van der Waals surface area contributed by atoms with Crippen molar-refractivity contribution >= 4 is 39.1 Å². The van der Waals surface area contributed by atoms with E-state index in [9.17, 15) is 22.8 Å². The number of carbonyl (C=O) groups is 3. The van der Waals surface area contributed by atoms with E-state index in [0.717, 1.165) is 11.3 Å². The summed E-state index contributed by atoms with van der Waals surface area (Å²) in [6.07, 6.45) is 1.24. The maximum absolute atomic E-state index is 13.0. The number of nitrogens with zero attached hydrogens (tertiary/aromatic N) is 2. The Kier molecular flexibility index (Phi) is 6.72. The number of primary sulfonamides is 1. The van der Waals surface area contributed by atoms with E-state index in [1.54, 1.807) is 9.80 Å². The van der Waals surface area contributed by atoms with Gasteiger partial charge in [-0.2, -0.15) is 0 Å². The lowest BCUT2D eigenvalue weighted by molar-refractivity contribution is -0.138. The summed E-state index contributed by atoms with van der Waals surface area (Å²) >= 11 is 0. The minimum absolute atomic E-state index is 0.0244. The molecule has 2 aliphatic rings. The molecular weight excluding hydrogens is 456 g/mol. The van der Waals surface area contributed by atoms with Gasteiger partial charge in [0.05, 0.1) is 10.8 Å². The van der Waals surface area contributed by atoms with Gasteiger partial charge in [0.2, 0.25) is 27.7 Å². The normalized spacial score (nSPS) is 19.4. The number of hydrogen-bond donors (Lipinski definition) is 2. The summed E-state index contributed by atoms with van der Waals surface area (Å²) in [7, 11) is -3.79. The van der Waals surface area contributed by atoms with Crippen LogP contribution in [0.2, 0.25) is 0 Å². The smallest absolute Gasteiger partial charge is 0.238 e. The average Bonchev–Trinajstić information content (AvgIpc) is 3.20. The molecule has 1 atom stereocenters. The number of carbonyl (C=O) groups excluding carboxylic acids is 3. The van der Waals surface area contributed by atoms with Gasteiger partial charge in [0.25, 0.3) is 0 Å². The Balaban J connectivity index is 1.29. The van der Waals surface area contributed by atoms with E-state index in [-0.39, 0.29) is 40.9 Å². The molecule has 2 heterocycles. The summed E-state index contributed by atoms with van der Waals surface area (Å²) in [5, 5.41) is 7.88. The molecule has 0 aliphatic carbocycles. The van der Waals surface area contributed by atoms with Crippen molar-refractivity contribution < 1.29 is 22.8 Å². The summed E-state index contributed by atoms with van der Waals surface area (Å²) in [5.41, 5.74) is 2.39. The largest absolute Gasteiger partial charge is 0.342 e. The quantitative estimate of drug-likeness (QED) is 0.669. The van der Waals surface area contributed by atoms with E-state index in [1.165, 1.54) is 24.3 Å². The van der Waals surface area contributed by atoms with Crippen molar-refractivity contribution in [1.29, 1.82) is 0 Å². The molecule has 10 heteroatoms. The standard InChI is InChI=1S/C24H28N4O5S/c1-16-2-6-20(7-3-16)28-15-18(14-22(28)29)24(31)27-12-10-17(11-13-27)23(30)26-19-4-8-21(9-5-19)34(25,32)33/h2-9,17-18H,10-15H2,1H3,(H,26,30)(H2,25,32,33). The fourth-order valence-corrected chi connectivity index (χ4v) is 4.96. The summed E-state index contributed by atoms with van der Waals surface area (Å²) in [6.45, 7) is 3.26. The van der Waals surface area contributed by atoms with Crippen LogP contribution in [-0.4, -0.2) is 50.7 Å². The van der Waals surface area contributed by atoms with E-state index in [1.807, 2.05) is 31.2 Å². The van der Waals surface area contributed by atoms with E-state index < -0.39 is 10.0 Å². The Labute approximate surface area is 199 Å². The van der Waals surface area contributed by atoms with Crippen molar-refractivity contribution in [3.05, 3.63) is 54.1 Å². The molecule has 4 rings (SSSR count). The number of aryl methyl sites for hydroxylation is 1. The van der Waals surface area contributed by atoms with Crippen molar-refractivity contribution in [2.24, 2.45) is 17.0 Å². The molecule has 2 aromatic rings. The van der Waals surface area contributed by atoms with Gasteiger partial charge in [-0.3, -0.25) is 14.4 Å². The Morgan fingerprint density at radius 3 is 2.18 bits per heavy atom. The molecule has 0 saturated carbocycles. The number of piperidine rings is 1. The van der Waals surface area contributed by atoms with E-state index in [4.69, 9.17) is 5.14 Å². The third-order valence-corrected chi connectivity index (χ3v) is 7.38. The van der Waals surface area contributed by atoms with E-state index >= 15 is 0 Å². The number of nitrogens with one attached hydrogen (secondary N) is 1. The summed E-state index contributed by atoms with van der Waals surface area (Å²) < 4.78 is 22.7. The third kappa shape index (κ3) is 5.28. The Hall–Kier alpha value is -3.24. The van der Waals surface area contributed by atoms with Crippen LogP contribution < -0.4 is 15.4 Å². The fourth-order valence-electron chi connectivity index (χ4n) is 4.44. The van der Waals surface area contributed by atoms with E-state index in [0.29, 0.717) is 38.2 Å². The molecule has 2 saturated heterocycles. The van der Waals surface area contributed by atoms with Gasteiger partial charge in [-0.15, -0.1) is 0 Å². The van der Waals surface area contributed by atoms with Crippen LogP contribution in [0.25, 0.3) is 0 Å². The van der Waals surface area contributed by atoms with Crippen LogP contribution in [0.4, 0.5) is 11.4 Å². The zero-order chi connectivity index (χ0) is 24.5. The zero-order valence-corrected chi connectivity index (χ0v) is 19.8. The minimum Gasteiger partial charge on any atom is -0.342 e. The number of rotatable bonds is 5. The van der Waals surface area contributed by atoms with Crippen LogP contribution in [0.3, 0.4) is 0 Å². The molecule has 0 spiro atoms. The molecule has 3 N–H and O–H groups in total. The Morgan fingerprint density at radius 1 is 0.971 bits per heavy atom. The molecule has 0 bridgehead atoms. The highest BCUT2D eigenvalue weighted by atomic mass is 32.2. The number of hydrogen-bond acceptors (Lipinski definition) is 5. The molecule has 2 aliphatic heterocycles. The number of anilines is 2. The summed E-state index contributed by atoms with van der Waals surface area (Å²) in [6, 6.07) is 13.4. The first-order chi connectivity index (χ1) is 16.1. The molecule has 1 unspecified atom stereocenters. The average molecular weight is 485 g/mol. The predicted octanol–water partition coefficient (Wildman–Crippen LogP) is 1.87. The molecule has 180 valence electrons. The molecule has 2 aromatic carbocycles. The van der Waals surface area contributed by atoms with Crippen molar-refractivity contribution in [3.8, 4) is 0 Å². The first-order valence-electron chi connectivity index (χ1n) is 11.2. The second-order valence-electron chi connectivity index (χ2n) is 8.90. The highest BCUT2D eigenvalue weighted by molar-refractivity contribution is 7.89. The second kappa shape index (κ2) is 9.55. The van der Waals surface area contributed by atoms with Crippen molar-refractivity contribution in [1.82, 2.24) is 4.90 Å². The van der Waals surface area contributed by atoms with Gasteiger partial charge < -0.3 is 15.1 Å². The van der Waals surface area contributed by atoms with Crippen LogP contribution in [0, 0.1) is 18.8 Å². The van der Waals surface area contributed by atoms with Gasteiger partial charge in [0, 0.05) is 43.3 Å². The van der Waals surface area contributed by atoms with Crippen LogP contribution in [0.15, 0.2) is 53.4 Å². The number of benzene rings is 2. The van der Waals surface area contributed by atoms with Crippen LogP contribution in [0.5, 0.6) is 0 Å². The minimum atomic E-state index is -3.79. The van der Waals surface area contributed by atoms with E-state index in [2.05, 4.69) is 5.32 Å². The highest BCUT2D eigenvalue weighted by Gasteiger charge is 2.38. The van der Waals surface area contributed by atoms with Gasteiger partial charge in [-0.05, 0) is 56.2 Å². The lowest BCUT2D eigenvalue weighted by atomic mass is 9.94. The highest BCUT2D eigenvalue weighted by Crippen LogP contribution is 2.28. The van der Waals surface area contributed by atoms with Gasteiger partial charge in [0.1, 0.15) is 0 Å². The Bertz CT molecular complexity index is 1190. The summed E-state index contributed by atoms with van der Waals surface area (Å²) in [5.74, 6) is -0.893. The lowest BCUT2D eigenvalue weighted by Crippen LogP contribution is -2.44. The van der Waals surface area contributed by atoms with Crippen LogP contribution in [-0.2, 0) is 24.4 Å². The second-order valence-corrected chi connectivity index (χ2v) is 10.5. The van der Waals surface area contributed by atoms with Gasteiger partial charge in [0.15, 0.2) is 0 Å². The number of sulfonamides is 1. The monoisotopic (exact) mass is 484 g/mol. The van der Waals surface area contributed by atoms with Gasteiger partial charge in [-0.1, -0.05) is 17.7 Å². The number of nitrogens with two attached hydrogens (primary N) is 1. The van der Waals surface area contributed by atoms with Gasteiger partial charge in [-0.25, -0.2) is 13.6 Å². The first kappa shape index (κ1) is 23.9. The van der Waals surface area contributed by atoms with Crippen LogP contribution in [0.1, 0.15) is 24.8 Å². The third-order valence-electron chi connectivity index (χ3n) is 6.45. The van der Waals surface area contributed by atoms with Crippen molar-refractivity contribution in [2.45, 2.75) is 31.1 Å². The number of amides is 3. The molecular formula is C24H28N4O5S. The maximum atomic E-state index is 13.0. The molecule has 3 amide bonds. The fraction of sp³-hybridized carbons (Fsp3) is 0.375. The predicted molar refractivity (Wildman–Crippen MR) is 127 cm³/mol. The molecule has 34 heavy (non-hydrogen) atoms. The molecule has 9 nitrogen and oxygen atoms in total. The van der Waals surface area contributed by atoms with Crippen LogP contribution >= 0.6 is 0 Å². The SMILES string of the molecule is Cc1ccc(N2CC(C(=O)N3CCC(C(=O)Nc4ccc(S(N)(=O)=O)cc4)CC3)CC2=O)cc1. The topological polar surface area (TPSA) is 130 Å². The summed E-state index contributed by atoms with van der Waals surface area (Å²) in [4.78, 5) is 41.6. The molecule has 0 aromatic heterocycles. The maximum Gasteiger partial charge on any atom is 0.238 e. The Morgan fingerprint density at radius 2 is 1.59 bits per heavy atom. The zero-order valence-electron chi connectivity index (χ0n) is 18.9. The van der Waals surface area contributed by atoms with Crippen molar-refractivity contribution in [2.75, 3.05) is 29.9 Å². The van der Waals surface area contributed by atoms with Gasteiger partial charge >= 0.3 is 0 Å².